The topological polar surface area (TPSA) is 67.7 Å². The van der Waals surface area contributed by atoms with Crippen molar-refractivity contribution in [3.63, 3.8) is 0 Å². The molecule has 1 heterocycles. The molecular formula is C11H13BrN4S. The van der Waals surface area contributed by atoms with Gasteiger partial charge in [-0.05, 0) is 11.6 Å². The number of nitrogens with zero attached hydrogens (tertiary/aromatic N) is 2. The molecule has 0 saturated carbocycles. The first kappa shape index (κ1) is 13.8. The summed E-state index contributed by atoms with van der Waals surface area (Å²) in [7, 11) is 0. The molecule has 0 bridgehead atoms. The normalized spacial score (nSPS) is 9.65. The van der Waals surface area contributed by atoms with Gasteiger partial charge in [-0.1, -0.05) is 30.0 Å². The maximum absolute atomic E-state index is 7.21. The van der Waals surface area contributed by atoms with E-state index < -0.39 is 0 Å². The standard InChI is InChI=1S/C11H12N4S.BrH/c12-11(13)16-7-9-3-1-2-4-10(9)15-6-5-14-8-15;/h1-6,8H,7H2,(H3,12,13);1H. The van der Waals surface area contributed by atoms with E-state index in [1.165, 1.54) is 11.8 Å². The van der Waals surface area contributed by atoms with Gasteiger partial charge in [-0.15, -0.1) is 17.0 Å². The van der Waals surface area contributed by atoms with Gasteiger partial charge in [0.2, 0.25) is 0 Å². The number of thioether (sulfide) groups is 1. The molecule has 0 amide bonds. The average molecular weight is 313 g/mol. The van der Waals surface area contributed by atoms with E-state index in [4.69, 9.17) is 11.1 Å². The number of aromatic nitrogens is 2. The summed E-state index contributed by atoms with van der Waals surface area (Å²) in [6.45, 7) is 0. The zero-order valence-corrected chi connectivity index (χ0v) is 11.6. The van der Waals surface area contributed by atoms with E-state index in [1.807, 2.05) is 35.0 Å². The van der Waals surface area contributed by atoms with E-state index in [9.17, 15) is 0 Å². The molecular weight excluding hydrogens is 300 g/mol. The summed E-state index contributed by atoms with van der Waals surface area (Å²) < 4.78 is 1.95. The van der Waals surface area contributed by atoms with Crippen LogP contribution in [0.1, 0.15) is 5.56 Å². The number of benzene rings is 1. The Kier molecular flexibility index (Phi) is 5.24. The maximum atomic E-state index is 7.21. The first-order valence-electron chi connectivity index (χ1n) is 4.80. The molecule has 0 radical (unpaired) electrons. The molecule has 2 aromatic rings. The number of imidazole rings is 1. The quantitative estimate of drug-likeness (QED) is 0.676. The molecule has 0 aliphatic heterocycles. The second-order valence-corrected chi connectivity index (χ2v) is 4.27. The van der Waals surface area contributed by atoms with Gasteiger partial charge in [0.25, 0.3) is 0 Å². The molecule has 0 fully saturated rings. The van der Waals surface area contributed by atoms with E-state index in [0.717, 1.165) is 11.3 Å². The molecule has 4 nitrogen and oxygen atoms in total. The molecule has 0 spiro atoms. The number of nitrogens with two attached hydrogens (primary N) is 1. The Morgan fingerprint density at radius 1 is 1.41 bits per heavy atom. The van der Waals surface area contributed by atoms with Crippen LogP contribution in [0.3, 0.4) is 0 Å². The van der Waals surface area contributed by atoms with Crippen molar-refractivity contribution in [1.29, 1.82) is 5.41 Å². The van der Waals surface area contributed by atoms with Crippen molar-refractivity contribution in [3.05, 3.63) is 48.5 Å². The van der Waals surface area contributed by atoms with Gasteiger partial charge in [0.05, 0.1) is 12.0 Å². The summed E-state index contributed by atoms with van der Waals surface area (Å²) in [5.41, 5.74) is 7.55. The lowest BCUT2D eigenvalue weighted by atomic mass is 10.2. The van der Waals surface area contributed by atoms with Crippen molar-refractivity contribution < 1.29 is 0 Å². The summed E-state index contributed by atoms with van der Waals surface area (Å²) in [4.78, 5) is 4.02. The van der Waals surface area contributed by atoms with Crippen molar-refractivity contribution in [2.75, 3.05) is 0 Å². The lowest BCUT2D eigenvalue weighted by Gasteiger charge is -2.08. The van der Waals surface area contributed by atoms with Gasteiger partial charge in [-0.3, -0.25) is 5.41 Å². The number of nitrogens with one attached hydrogen (secondary N) is 1. The summed E-state index contributed by atoms with van der Waals surface area (Å²) in [6.07, 6.45) is 5.41. The van der Waals surface area contributed by atoms with Crippen molar-refractivity contribution in [3.8, 4) is 5.69 Å². The summed E-state index contributed by atoms with van der Waals surface area (Å²) >= 11 is 1.32. The Hall–Kier alpha value is -1.27. The van der Waals surface area contributed by atoms with E-state index >= 15 is 0 Å². The number of halogens is 1. The van der Waals surface area contributed by atoms with E-state index in [-0.39, 0.29) is 22.1 Å². The zero-order valence-electron chi connectivity index (χ0n) is 9.04. The largest absolute Gasteiger partial charge is 0.379 e. The molecule has 17 heavy (non-hydrogen) atoms. The lowest BCUT2D eigenvalue weighted by Crippen LogP contribution is -2.05. The van der Waals surface area contributed by atoms with Crippen LogP contribution in [0.15, 0.2) is 43.0 Å². The Morgan fingerprint density at radius 2 is 2.18 bits per heavy atom. The molecule has 0 saturated heterocycles. The van der Waals surface area contributed by atoms with Crippen molar-refractivity contribution in [2.24, 2.45) is 5.73 Å². The highest BCUT2D eigenvalue weighted by atomic mass is 79.9. The molecule has 0 aliphatic carbocycles. The Balaban J connectivity index is 0.00000144. The van der Waals surface area contributed by atoms with Crippen LogP contribution >= 0.6 is 28.7 Å². The number of hydrogen-bond donors (Lipinski definition) is 2. The number of rotatable bonds is 3. The third kappa shape index (κ3) is 3.61. The molecule has 6 heteroatoms. The van der Waals surface area contributed by atoms with Crippen LogP contribution < -0.4 is 5.73 Å². The molecule has 2 rings (SSSR count). The number of para-hydroxylation sites is 1. The average Bonchev–Trinajstić information content (AvgIpc) is 2.80. The van der Waals surface area contributed by atoms with Crippen molar-refractivity contribution in [1.82, 2.24) is 9.55 Å². The van der Waals surface area contributed by atoms with Crippen LogP contribution in [0.25, 0.3) is 5.69 Å². The Labute approximate surface area is 115 Å². The molecule has 1 aromatic carbocycles. The van der Waals surface area contributed by atoms with E-state index in [2.05, 4.69) is 4.98 Å². The van der Waals surface area contributed by atoms with Crippen molar-refractivity contribution >= 4 is 33.9 Å². The fraction of sp³-hybridized carbons (Fsp3) is 0.0909. The van der Waals surface area contributed by atoms with Gasteiger partial charge in [-0.2, -0.15) is 0 Å². The van der Waals surface area contributed by atoms with Crippen molar-refractivity contribution in [2.45, 2.75) is 5.75 Å². The fourth-order valence-corrected chi connectivity index (χ4v) is 2.00. The fourth-order valence-electron chi connectivity index (χ4n) is 1.44. The smallest absolute Gasteiger partial charge is 0.151 e. The summed E-state index contributed by atoms with van der Waals surface area (Å²) in [6, 6.07) is 8.02. The third-order valence-electron chi connectivity index (χ3n) is 2.16. The van der Waals surface area contributed by atoms with E-state index in [1.54, 1.807) is 12.5 Å². The molecule has 90 valence electrons. The van der Waals surface area contributed by atoms with Crippen LogP contribution in [0, 0.1) is 5.41 Å². The molecule has 1 aromatic heterocycles. The minimum Gasteiger partial charge on any atom is -0.379 e. The van der Waals surface area contributed by atoms with Gasteiger partial charge >= 0.3 is 0 Å². The van der Waals surface area contributed by atoms with Crippen LogP contribution in [-0.2, 0) is 5.75 Å². The second kappa shape index (κ2) is 6.46. The maximum Gasteiger partial charge on any atom is 0.151 e. The highest BCUT2D eigenvalue weighted by Gasteiger charge is 2.04. The zero-order chi connectivity index (χ0) is 11.4. The van der Waals surface area contributed by atoms with Gasteiger partial charge in [0, 0.05) is 18.1 Å². The third-order valence-corrected chi connectivity index (χ3v) is 2.92. The molecule has 0 atom stereocenters. The Bertz CT molecular complexity index is 484. The lowest BCUT2D eigenvalue weighted by molar-refractivity contribution is 1.04. The number of hydrogen-bond acceptors (Lipinski definition) is 3. The minimum absolute atomic E-state index is 0. The first-order valence-corrected chi connectivity index (χ1v) is 5.79. The van der Waals surface area contributed by atoms with Crippen LogP contribution in [0.5, 0.6) is 0 Å². The predicted molar refractivity (Wildman–Crippen MR) is 77.1 cm³/mol. The number of amidine groups is 1. The van der Waals surface area contributed by atoms with Gasteiger partial charge in [0.1, 0.15) is 0 Å². The molecule has 0 unspecified atom stereocenters. The second-order valence-electron chi connectivity index (χ2n) is 3.25. The van der Waals surface area contributed by atoms with Gasteiger partial charge < -0.3 is 10.3 Å². The van der Waals surface area contributed by atoms with Crippen LogP contribution in [-0.4, -0.2) is 14.7 Å². The Morgan fingerprint density at radius 3 is 2.82 bits per heavy atom. The minimum atomic E-state index is 0. The summed E-state index contributed by atoms with van der Waals surface area (Å²) in [5, 5.41) is 7.35. The van der Waals surface area contributed by atoms with Crippen LogP contribution in [0.4, 0.5) is 0 Å². The monoisotopic (exact) mass is 312 g/mol. The first-order chi connectivity index (χ1) is 7.77. The SMILES string of the molecule is Br.N=C(N)SCc1ccccc1-n1ccnc1. The van der Waals surface area contributed by atoms with E-state index in [0.29, 0.717) is 5.75 Å². The highest BCUT2D eigenvalue weighted by molar-refractivity contribution is 8.93. The highest BCUT2D eigenvalue weighted by Crippen LogP contribution is 2.19. The van der Waals surface area contributed by atoms with Gasteiger partial charge in [-0.25, -0.2) is 4.98 Å². The predicted octanol–water partition coefficient (Wildman–Crippen LogP) is 2.58. The van der Waals surface area contributed by atoms with Crippen LogP contribution in [0.2, 0.25) is 0 Å². The van der Waals surface area contributed by atoms with Gasteiger partial charge in [0.15, 0.2) is 5.17 Å². The molecule has 0 aliphatic rings. The molecule has 3 N–H and O–H groups in total. The summed E-state index contributed by atoms with van der Waals surface area (Å²) in [5.74, 6) is 0.698.